The highest BCUT2D eigenvalue weighted by molar-refractivity contribution is 7.18. The summed E-state index contributed by atoms with van der Waals surface area (Å²) in [6, 6.07) is 2.18. The average Bonchev–Trinajstić information content (AvgIpc) is 3.24. The Balaban J connectivity index is 1.47. The summed E-state index contributed by atoms with van der Waals surface area (Å²) in [6.07, 6.45) is 3.82. The summed E-state index contributed by atoms with van der Waals surface area (Å²) in [6.45, 7) is 7.58. The van der Waals surface area contributed by atoms with Crippen LogP contribution in [-0.2, 0) is 0 Å². The van der Waals surface area contributed by atoms with E-state index in [2.05, 4.69) is 32.8 Å². The third-order valence-electron chi connectivity index (χ3n) is 6.00. The third kappa shape index (κ3) is 3.58. The fourth-order valence-electron chi connectivity index (χ4n) is 4.42. The Hall–Kier alpha value is -1.28. The predicted octanol–water partition coefficient (Wildman–Crippen LogP) is 1.75. The second-order valence-electron chi connectivity index (χ2n) is 7.81. The molecule has 26 heavy (non-hydrogen) atoms. The summed E-state index contributed by atoms with van der Waals surface area (Å²) >= 11 is 1.71. The Morgan fingerprint density at radius 3 is 2.62 bits per heavy atom. The average molecular weight is 377 g/mol. The van der Waals surface area contributed by atoms with E-state index in [4.69, 9.17) is 0 Å². The van der Waals surface area contributed by atoms with Crippen LogP contribution >= 0.6 is 11.3 Å². The molecule has 2 N–H and O–H groups in total. The molecular formula is C19H28N4O2S. The van der Waals surface area contributed by atoms with E-state index in [1.807, 2.05) is 0 Å². The monoisotopic (exact) mass is 376 g/mol. The van der Waals surface area contributed by atoms with Crippen LogP contribution in [0.3, 0.4) is 0 Å². The maximum absolute atomic E-state index is 9.92. The van der Waals surface area contributed by atoms with E-state index < -0.39 is 0 Å². The summed E-state index contributed by atoms with van der Waals surface area (Å²) < 4.78 is 0. The van der Waals surface area contributed by atoms with Crippen molar-refractivity contribution >= 4 is 27.4 Å². The van der Waals surface area contributed by atoms with E-state index in [0.29, 0.717) is 18.4 Å². The van der Waals surface area contributed by atoms with Crippen molar-refractivity contribution in [3.8, 4) is 0 Å². The van der Waals surface area contributed by atoms with E-state index in [-0.39, 0.29) is 12.5 Å². The molecular weight excluding hydrogens is 348 g/mol. The second-order valence-corrected chi connectivity index (χ2v) is 9.04. The lowest BCUT2D eigenvalue weighted by Crippen LogP contribution is -2.40. The smallest absolute Gasteiger partial charge is 0.140 e. The van der Waals surface area contributed by atoms with Gasteiger partial charge < -0.3 is 20.0 Å². The molecule has 0 saturated carbocycles. The van der Waals surface area contributed by atoms with Gasteiger partial charge in [-0.3, -0.25) is 0 Å². The molecule has 142 valence electrons. The molecule has 6 nitrogen and oxygen atoms in total. The van der Waals surface area contributed by atoms with Gasteiger partial charge >= 0.3 is 0 Å². The predicted molar refractivity (Wildman–Crippen MR) is 105 cm³/mol. The number of thiophene rings is 1. The first-order valence-corrected chi connectivity index (χ1v) is 10.4. The number of piperidine rings is 1. The van der Waals surface area contributed by atoms with Crippen LogP contribution in [-0.4, -0.2) is 71.0 Å². The normalized spacial score (nSPS) is 25.4. The van der Waals surface area contributed by atoms with Crippen LogP contribution in [0.5, 0.6) is 0 Å². The zero-order valence-corrected chi connectivity index (χ0v) is 16.2. The minimum Gasteiger partial charge on any atom is -0.396 e. The Morgan fingerprint density at radius 2 is 1.88 bits per heavy atom. The number of nitrogens with zero attached hydrogens (tertiary/aromatic N) is 4. The van der Waals surface area contributed by atoms with Crippen LogP contribution in [0.2, 0.25) is 0 Å². The van der Waals surface area contributed by atoms with E-state index in [0.717, 1.165) is 61.6 Å². The maximum atomic E-state index is 9.92. The summed E-state index contributed by atoms with van der Waals surface area (Å²) in [7, 11) is 0. The molecule has 2 aliphatic rings. The zero-order chi connectivity index (χ0) is 18.1. The third-order valence-corrected chi connectivity index (χ3v) is 6.96. The Labute approximate surface area is 158 Å². The van der Waals surface area contributed by atoms with Gasteiger partial charge in [-0.15, -0.1) is 11.3 Å². The van der Waals surface area contributed by atoms with Crippen molar-refractivity contribution in [1.82, 2.24) is 14.9 Å². The number of rotatable bonds is 5. The highest BCUT2D eigenvalue weighted by Crippen LogP contribution is 2.34. The first-order chi connectivity index (χ1) is 12.7. The molecule has 0 aliphatic carbocycles. The molecule has 2 aliphatic heterocycles. The lowest BCUT2D eigenvalue weighted by Gasteiger charge is -2.33. The number of hydrogen-bond acceptors (Lipinski definition) is 7. The lowest BCUT2D eigenvalue weighted by atomic mass is 9.93. The number of aromatic nitrogens is 2. The van der Waals surface area contributed by atoms with Crippen molar-refractivity contribution in [2.45, 2.75) is 19.8 Å². The molecule has 2 fully saturated rings. The molecule has 0 amide bonds. The number of hydrogen-bond donors (Lipinski definition) is 2. The van der Waals surface area contributed by atoms with Crippen LogP contribution in [0.1, 0.15) is 17.7 Å². The van der Waals surface area contributed by atoms with Gasteiger partial charge in [0, 0.05) is 43.6 Å². The molecule has 4 heterocycles. The number of likely N-dealkylation sites (tertiary alicyclic amines) is 1. The number of anilines is 1. The van der Waals surface area contributed by atoms with Crippen molar-refractivity contribution in [1.29, 1.82) is 0 Å². The van der Waals surface area contributed by atoms with Crippen LogP contribution in [0, 0.1) is 24.7 Å². The summed E-state index contributed by atoms with van der Waals surface area (Å²) in [5, 5.41) is 20.4. The number of aryl methyl sites for hydroxylation is 1. The van der Waals surface area contributed by atoms with Gasteiger partial charge in [-0.05, 0) is 50.8 Å². The first-order valence-electron chi connectivity index (χ1n) is 9.58. The lowest BCUT2D eigenvalue weighted by molar-refractivity contribution is 0.106. The van der Waals surface area contributed by atoms with Crippen molar-refractivity contribution < 1.29 is 10.2 Å². The van der Waals surface area contributed by atoms with Gasteiger partial charge in [0.1, 0.15) is 17.0 Å². The molecule has 7 heteroatoms. The molecule has 2 atom stereocenters. The Kier molecular flexibility index (Phi) is 5.40. The van der Waals surface area contributed by atoms with Gasteiger partial charge in [-0.1, -0.05) is 0 Å². The van der Waals surface area contributed by atoms with Crippen molar-refractivity contribution in [2.75, 3.05) is 50.8 Å². The van der Waals surface area contributed by atoms with Gasteiger partial charge in [0.25, 0.3) is 0 Å². The van der Waals surface area contributed by atoms with Crippen LogP contribution in [0.15, 0.2) is 12.4 Å². The summed E-state index contributed by atoms with van der Waals surface area (Å²) in [5.74, 6) is 2.22. The first kappa shape index (κ1) is 18.1. The minimum absolute atomic E-state index is 0.227. The zero-order valence-electron chi connectivity index (χ0n) is 15.3. The van der Waals surface area contributed by atoms with Gasteiger partial charge in [-0.25, -0.2) is 9.97 Å². The van der Waals surface area contributed by atoms with Crippen molar-refractivity contribution in [3.05, 3.63) is 17.3 Å². The molecule has 4 rings (SSSR count). The molecule has 0 unspecified atom stereocenters. The number of fused-ring (bicyclic) bond motifs is 1. The highest BCUT2D eigenvalue weighted by atomic mass is 32.1. The summed E-state index contributed by atoms with van der Waals surface area (Å²) in [5.41, 5.74) is 0. The molecule has 2 aromatic rings. The van der Waals surface area contributed by atoms with E-state index in [9.17, 15) is 10.2 Å². The number of aliphatic hydroxyl groups excluding tert-OH is 2. The molecule has 2 saturated heterocycles. The van der Waals surface area contributed by atoms with Gasteiger partial charge in [0.15, 0.2) is 0 Å². The van der Waals surface area contributed by atoms with Gasteiger partial charge in [0.05, 0.1) is 5.39 Å². The SMILES string of the molecule is Cc1cc2c(N3C[C@@H](CN4CCC(CO)CC4)[C@@H](CO)C3)ncnc2s1. The minimum atomic E-state index is 0.227. The largest absolute Gasteiger partial charge is 0.396 e. The highest BCUT2D eigenvalue weighted by Gasteiger charge is 2.35. The summed E-state index contributed by atoms with van der Waals surface area (Å²) in [4.78, 5) is 16.1. The van der Waals surface area contributed by atoms with E-state index in [1.165, 1.54) is 4.88 Å². The fourth-order valence-corrected chi connectivity index (χ4v) is 5.27. The van der Waals surface area contributed by atoms with Gasteiger partial charge in [-0.2, -0.15) is 0 Å². The molecule has 2 aromatic heterocycles. The van der Waals surface area contributed by atoms with Gasteiger partial charge in [0.2, 0.25) is 0 Å². The second kappa shape index (κ2) is 7.76. The van der Waals surface area contributed by atoms with E-state index in [1.54, 1.807) is 17.7 Å². The Bertz CT molecular complexity index is 744. The molecule has 0 radical (unpaired) electrons. The van der Waals surface area contributed by atoms with Crippen molar-refractivity contribution in [3.63, 3.8) is 0 Å². The molecule has 0 bridgehead atoms. The van der Waals surface area contributed by atoms with Crippen LogP contribution in [0.25, 0.3) is 10.2 Å². The molecule has 0 spiro atoms. The van der Waals surface area contributed by atoms with Crippen molar-refractivity contribution in [2.24, 2.45) is 17.8 Å². The molecule has 0 aromatic carbocycles. The number of aliphatic hydroxyl groups is 2. The fraction of sp³-hybridized carbons (Fsp3) is 0.684. The Morgan fingerprint density at radius 1 is 1.12 bits per heavy atom. The standard InChI is InChI=1S/C19H28N4O2S/c1-13-6-17-18(20-12-21-19(17)26-13)23-8-15(16(9-23)11-25)7-22-4-2-14(10-24)3-5-22/h6,12,14-16,24-25H,2-5,7-11H2,1H3/t15-,16-/m1/s1. The quantitative estimate of drug-likeness (QED) is 0.828. The van der Waals surface area contributed by atoms with Crippen LogP contribution < -0.4 is 4.90 Å². The van der Waals surface area contributed by atoms with Crippen LogP contribution in [0.4, 0.5) is 5.82 Å². The topological polar surface area (TPSA) is 72.7 Å². The maximum Gasteiger partial charge on any atom is 0.140 e. The van der Waals surface area contributed by atoms with E-state index >= 15 is 0 Å².